The van der Waals surface area contributed by atoms with Gasteiger partial charge < -0.3 is 4.74 Å². The zero-order valence-corrected chi connectivity index (χ0v) is 12.1. The van der Waals surface area contributed by atoms with Gasteiger partial charge in [0.1, 0.15) is 11.4 Å². The molecule has 0 radical (unpaired) electrons. The first-order chi connectivity index (χ1) is 9.31. The van der Waals surface area contributed by atoms with Crippen molar-refractivity contribution in [2.45, 2.75) is 23.6 Å². The van der Waals surface area contributed by atoms with E-state index in [2.05, 4.69) is 5.18 Å². The maximum atomic E-state index is 10.3. The predicted octanol–water partition coefficient (Wildman–Crippen LogP) is 5.27. The van der Waals surface area contributed by atoms with Crippen LogP contribution in [0.2, 0.25) is 0 Å². The Morgan fingerprint density at radius 3 is 1.79 bits per heavy atom. The van der Waals surface area contributed by atoms with Gasteiger partial charge in [0.25, 0.3) is 0 Å². The molecule has 0 heterocycles. The summed E-state index contributed by atoms with van der Waals surface area (Å²) >= 11 is 1.63. The summed E-state index contributed by atoms with van der Waals surface area (Å²) in [5.74, 6) is 0.842. The molecule has 2 aromatic rings. The smallest absolute Gasteiger partial charge is 0.118 e. The minimum absolute atomic E-state index is 0.448. The molecule has 0 aliphatic rings. The van der Waals surface area contributed by atoms with Crippen molar-refractivity contribution >= 4 is 17.4 Å². The molecule has 0 fully saturated rings. The Labute approximate surface area is 118 Å². The van der Waals surface area contributed by atoms with E-state index in [-0.39, 0.29) is 0 Å². The molecule has 100 valence electrons. The van der Waals surface area contributed by atoms with Crippen molar-refractivity contribution in [2.75, 3.05) is 7.11 Å². The van der Waals surface area contributed by atoms with Crippen LogP contribution in [0.5, 0.6) is 5.75 Å². The lowest BCUT2D eigenvalue weighted by Crippen LogP contribution is -1.81. The van der Waals surface area contributed by atoms with E-state index in [1.54, 1.807) is 31.0 Å². The van der Waals surface area contributed by atoms with Crippen LogP contribution in [0.15, 0.2) is 63.5 Å². The third-order valence-corrected chi connectivity index (χ3v) is 3.25. The fourth-order valence-electron chi connectivity index (χ4n) is 1.35. The molecule has 0 saturated carbocycles. The Morgan fingerprint density at radius 1 is 0.895 bits per heavy atom. The van der Waals surface area contributed by atoms with E-state index >= 15 is 0 Å². The SMILES string of the molecule is CC.COc1ccc(Sc2ccc(N=O)cc2)cc1. The number of nitroso groups, excluding NO2 is 1. The van der Waals surface area contributed by atoms with Gasteiger partial charge in [-0.05, 0) is 53.7 Å². The van der Waals surface area contributed by atoms with Gasteiger partial charge in [0.05, 0.1) is 7.11 Å². The fraction of sp³-hybridized carbons (Fsp3) is 0.200. The summed E-state index contributed by atoms with van der Waals surface area (Å²) in [4.78, 5) is 12.5. The molecule has 0 unspecified atom stereocenters. The van der Waals surface area contributed by atoms with Gasteiger partial charge in [-0.3, -0.25) is 0 Å². The molecule has 2 aromatic carbocycles. The highest BCUT2D eigenvalue weighted by Gasteiger charge is 1.98. The molecule has 0 atom stereocenters. The lowest BCUT2D eigenvalue weighted by molar-refractivity contribution is 0.414. The third-order valence-electron chi connectivity index (χ3n) is 2.24. The largest absolute Gasteiger partial charge is 0.497 e. The zero-order chi connectivity index (χ0) is 14.1. The molecular weight excluding hydrogens is 258 g/mol. The van der Waals surface area contributed by atoms with Gasteiger partial charge in [-0.2, -0.15) is 0 Å². The number of ether oxygens (including phenoxy) is 1. The molecule has 19 heavy (non-hydrogen) atoms. The molecule has 3 nitrogen and oxygen atoms in total. The number of methoxy groups -OCH3 is 1. The van der Waals surface area contributed by atoms with Gasteiger partial charge in [0.15, 0.2) is 0 Å². The van der Waals surface area contributed by atoms with E-state index in [9.17, 15) is 4.91 Å². The molecule has 0 aliphatic heterocycles. The summed E-state index contributed by atoms with van der Waals surface area (Å²) in [5, 5.41) is 2.87. The first-order valence-electron chi connectivity index (χ1n) is 6.07. The minimum atomic E-state index is 0.448. The lowest BCUT2D eigenvalue weighted by atomic mass is 10.3. The summed E-state index contributed by atoms with van der Waals surface area (Å²) in [5.41, 5.74) is 0.448. The molecule has 0 saturated heterocycles. The Balaban J connectivity index is 0.000000861. The van der Waals surface area contributed by atoms with Crippen molar-refractivity contribution in [3.05, 3.63) is 53.4 Å². The van der Waals surface area contributed by atoms with Crippen molar-refractivity contribution in [3.63, 3.8) is 0 Å². The van der Waals surface area contributed by atoms with Crippen LogP contribution >= 0.6 is 11.8 Å². The maximum absolute atomic E-state index is 10.3. The first-order valence-corrected chi connectivity index (χ1v) is 6.89. The van der Waals surface area contributed by atoms with Crippen LogP contribution in [0, 0.1) is 4.91 Å². The molecular formula is C15H17NO2S. The van der Waals surface area contributed by atoms with Gasteiger partial charge in [-0.15, -0.1) is 4.91 Å². The van der Waals surface area contributed by atoms with Crippen LogP contribution in [-0.2, 0) is 0 Å². The average Bonchev–Trinajstić information content (AvgIpc) is 2.51. The van der Waals surface area contributed by atoms with Crippen molar-refractivity contribution in [1.82, 2.24) is 0 Å². The highest BCUT2D eigenvalue weighted by Crippen LogP contribution is 2.30. The van der Waals surface area contributed by atoms with E-state index in [1.807, 2.05) is 50.2 Å². The number of hydrogen-bond acceptors (Lipinski definition) is 4. The normalized spacial score (nSPS) is 9.21. The number of hydrogen-bond donors (Lipinski definition) is 0. The van der Waals surface area contributed by atoms with E-state index < -0.39 is 0 Å². The van der Waals surface area contributed by atoms with Crippen LogP contribution < -0.4 is 4.74 Å². The van der Waals surface area contributed by atoms with Gasteiger partial charge in [-0.25, -0.2) is 0 Å². The topological polar surface area (TPSA) is 38.7 Å². The van der Waals surface area contributed by atoms with Gasteiger partial charge in [0, 0.05) is 9.79 Å². The van der Waals surface area contributed by atoms with Crippen LogP contribution in [-0.4, -0.2) is 7.11 Å². The molecule has 0 amide bonds. The van der Waals surface area contributed by atoms with Crippen LogP contribution in [0.1, 0.15) is 13.8 Å². The third kappa shape index (κ3) is 4.75. The summed E-state index contributed by atoms with van der Waals surface area (Å²) in [7, 11) is 1.65. The van der Waals surface area contributed by atoms with Gasteiger partial charge in [0.2, 0.25) is 0 Å². The van der Waals surface area contributed by atoms with Crippen LogP contribution in [0.4, 0.5) is 5.69 Å². The molecule has 0 N–H and O–H groups in total. The monoisotopic (exact) mass is 275 g/mol. The van der Waals surface area contributed by atoms with E-state index in [0.717, 1.165) is 15.5 Å². The fourth-order valence-corrected chi connectivity index (χ4v) is 2.17. The molecule has 0 bridgehead atoms. The first kappa shape index (κ1) is 15.2. The Kier molecular flexibility index (Phi) is 6.68. The number of benzene rings is 2. The molecule has 2 rings (SSSR count). The highest BCUT2D eigenvalue weighted by molar-refractivity contribution is 7.99. The molecule has 0 aliphatic carbocycles. The average molecular weight is 275 g/mol. The van der Waals surface area contributed by atoms with Crippen molar-refractivity contribution in [2.24, 2.45) is 5.18 Å². The van der Waals surface area contributed by atoms with Crippen LogP contribution in [0.25, 0.3) is 0 Å². The quantitative estimate of drug-likeness (QED) is 0.713. The highest BCUT2D eigenvalue weighted by atomic mass is 32.2. The van der Waals surface area contributed by atoms with Gasteiger partial charge >= 0.3 is 0 Å². The van der Waals surface area contributed by atoms with E-state index in [1.165, 1.54) is 0 Å². The van der Waals surface area contributed by atoms with Crippen LogP contribution in [0.3, 0.4) is 0 Å². The molecule has 0 spiro atoms. The summed E-state index contributed by atoms with van der Waals surface area (Å²) in [6.07, 6.45) is 0. The lowest BCUT2D eigenvalue weighted by Gasteiger charge is -2.03. The zero-order valence-electron chi connectivity index (χ0n) is 11.3. The molecule has 4 heteroatoms. The Morgan fingerprint density at radius 2 is 1.37 bits per heavy atom. The van der Waals surface area contributed by atoms with E-state index in [0.29, 0.717) is 5.69 Å². The predicted molar refractivity (Wildman–Crippen MR) is 80.4 cm³/mol. The minimum Gasteiger partial charge on any atom is -0.497 e. The van der Waals surface area contributed by atoms with Crippen molar-refractivity contribution in [1.29, 1.82) is 0 Å². The van der Waals surface area contributed by atoms with Crippen molar-refractivity contribution < 1.29 is 4.74 Å². The van der Waals surface area contributed by atoms with Gasteiger partial charge in [-0.1, -0.05) is 25.6 Å². The van der Waals surface area contributed by atoms with Crippen molar-refractivity contribution in [3.8, 4) is 5.75 Å². The number of rotatable bonds is 4. The summed E-state index contributed by atoms with van der Waals surface area (Å²) < 4.78 is 5.09. The Hall–Kier alpha value is -1.81. The standard InChI is InChI=1S/C13H11NO2S.C2H6/c1-16-11-4-8-13(9-5-11)17-12-6-2-10(14-15)3-7-12;1-2/h2-9H,1H3;1-2H3. The summed E-state index contributed by atoms with van der Waals surface area (Å²) in [6.45, 7) is 4.00. The second-order valence-electron chi connectivity index (χ2n) is 3.36. The number of nitrogens with zero attached hydrogens (tertiary/aromatic N) is 1. The van der Waals surface area contributed by atoms with E-state index in [4.69, 9.17) is 4.74 Å². The Bertz CT molecular complexity index is 495. The second kappa shape index (κ2) is 8.32. The summed E-state index contributed by atoms with van der Waals surface area (Å²) in [6, 6.07) is 15.0. The second-order valence-corrected chi connectivity index (χ2v) is 4.51. The molecule has 0 aromatic heterocycles. The maximum Gasteiger partial charge on any atom is 0.118 e.